The molecule has 1 fully saturated rings. The zero-order valence-corrected chi connectivity index (χ0v) is 10.8. The number of hydrogen-bond acceptors (Lipinski definition) is 2. The van der Waals surface area contributed by atoms with Crippen LogP contribution in [-0.4, -0.2) is 24.5 Å². The van der Waals surface area contributed by atoms with Crippen molar-refractivity contribution in [3.63, 3.8) is 0 Å². The maximum atomic E-state index is 6.33. The number of piperidine rings is 1. The third-order valence-corrected chi connectivity index (χ3v) is 3.79. The maximum Gasteiger partial charge on any atom is 0.0333 e. The second-order valence-corrected chi connectivity index (χ2v) is 5.28. The number of benzene rings is 1. The van der Waals surface area contributed by atoms with E-state index in [-0.39, 0.29) is 6.04 Å². The average molecular weight is 232 g/mol. The molecular formula is C15H24N2. The van der Waals surface area contributed by atoms with Crippen molar-refractivity contribution in [2.75, 3.05) is 19.6 Å². The van der Waals surface area contributed by atoms with Gasteiger partial charge in [-0.2, -0.15) is 0 Å². The van der Waals surface area contributed by atoms with Crippen LogP contribution in [0.15, 0.2) is 30.3 Å². The number of nitrogens with two attached hydrogens (primary N) is 1. The number of hydrogen-bond donors (Lipinski definition) is 1. The first-order chi connectivity index (χ1) is 8.27. The third-order valence-electron chi connectivity index (χ3n) is 3.79. The van der Waals surface area contributed by atoms with E-state index in [9.17, 15) is 0 Å². The monoisotopic (exact) mass is 232 g/mol. The van der Waals surface area contributed by atoms with Gasteiger partial charge >= 0.3 is 0 Å². The lowest BCUT2D eigenvalue weighted by molar-refractivity contribution is 0.189. The van der Waals surface area contributed by atoms with E-state index in [0.717, 1.165) is 6.54 Å². The van der Waals surface area contributed by atoms with Crippen molar-refractivity contribution < 1.29 is 0 Å². The molecule has 1 heterocycles. The van der Waals surface area contributed by atoms with Crippen LogP contribution in [0.1, 0.15) is 37.8 Å². The molecule has 0 unspecified atom stereocenters. The zero-order chi connectivity index (χ0) is 12.1. The Bertz CT molecular complexity index is 317. The molecule has 0 radical (unpaired) electrons. The average Bonchev–Trinajstić information content (AvgIpc) is 2.40. The Labute approximate surface area is 105 Å². The van der Waals surface area contributed by atoms with Crippen LogP contribution in [0.5, 0.6) is 0 Å². The normalized spacial score (nSPS) is 21.1. The summed E-state index contributed by atoms with van der Waals surface area (Å²) in [6.45, 7) is 5.92. The standard InChI is InChI=1S/C15H24N2/c1-13(12-17-10-6-3-7-11-17)15(16)14-8-4-2-5-9-14/h2,4-5,8-9,13,15H,3,6-7,10-12,16H2,1H3/t13-,15+/m0/s1. The Balaban J connectivity index is 1.88. The molecule has 2 heteroatoms. The molecule has 1 aliphatic rings. The lowest BCUT2D eigenvalue weighted by Gasteiger charge is -2.31. The fourth-order valence-corrected chi connectivity index (χ4v) is 2.67. The number of likely N-dealkylation sites (tertiary alicyclic amines) is 1. The highest BCUT2D eigenvalue weighted by molar-refractivity contribution is 5.19. The Morgan fingerprint density at radius 1 is 1.12 bits per heavy atom. The molecule has 0 aliphatic carbocycles. The number of rotatable bonds is 4. The van der Waals surface area contributed by atoms with Crippen LogP contribution in [0.3, 0.4) is 0 Å². The highest BCUT2D eigenvalue weighted by Crippen LogP contribution is 2.21. The van der Waals surface area contributed by atoms with Crippen LogP contribution in [0.2, 0.25) is 0 Å². The molecule has 0 saturated carbocycles. The van der Waals surface area contributed by atoms with Crippen molar-refractivity contribution in [1.82, 2.24) is 4.90 Å². The summed E-state index contributed by atoms with van der Waals surface area (Å²) in [6.07, 6.45) is 4.11. The third kappa shape index (κ3) is 3.55. The van der Waals surface area contributed by atoms with Gasteiger partial charge < -0.3 is 10.6 Å². The minimum absolute atomic E-state index is 0.165. The van der Waals surface area contributed by atoms with Crippen molar-refractivity contribution in [3.05, 3.63) is 35.9 Å². The summed E-state index contributed by atoms with van der Waals surface area (Å²) < 4.78 is 0. The second kappa shape index (κ2) is 6.18. The maximum absolute atomic E-state index is 6.33. The molecule has 0 bridgehead atoms. The molecule has 1 saturated heterocycles. The zero-order valence-electron chi connectivity index (χ0n) is 10.8. The molecule has 2 N–H and O–H groups in total. The fourth-order valence-electron chi connectivity index (χ4n) is 2.67. The molecule has 2 atom stereocenters. The smallest absolute Gasteiger partial charge is 0.0333 e. The molecule has 2 rings (SSSR count). The van der Waals surface area contributed by atoms with Gasteiger partial charge in [-0.3, -0.25) is 0 Å². The van der Waals surface area contributed by atoms with Crippen molar-refractivity contribution in [1.29, 1.82) is 0 Å². The van der Waals surface area contributed by atoms with Crippen LogP contribution < -0.4 is 5.73 Å². The Morgan fingerprint density at radius 3 is 2.41 bits per heavy atom. The largest absolute Gasteiger partial charge is 0.324 e. The van der Waals surface area contributed by atoms with E-state index in [1.807, 2.05) is 6.07 Å². The summed E-state index contributed by atoms with van der Waals surface area (Å²) in [5, 5.41) is 0. The van der Waals surface area contributed by atoms with Gasteiger partial charge in [-0.05, 0) is 37.4 Å². The van der Waals surface area contributed by atoms with Gasteiger partial charge in [0.2, 0.25) is 0 Å². The SMILES string of the molecule is C[C@@H](CN1CCCCC1)[C@@H](N)c1ccccc1. The molecule has 1 aromatic rings. The molecule has 0 aromatic heterocycles. The van der Waals surface area contributed by atoms with Gasteiger partial charge in [-0.1, -0.05) is 43.7 Å². The van der Waals surface area contributed by atoms with Gasteiger partial charge in [0, 0.05) is 12.6 Å². The van der Waals surface area contributed by atoms with Gasteiger partial charge in [0.1, 0.15) is 0 Å². The van der Waals surface area contributed by atoms with E-state index >= 15 is 0 Å². The lowest BCUT2D eigenvalue weighted by atomic mass is 9.94. The van der Waals surface area contributed by atoms with Crippen molar-refractivity contribution in [2.24, 2.45) is 11.7 Å². The Kier molecular flexibility index (Phi) is 4.57. The summed E-state index contributed by atoms with van der Waals surface area (Å²) in [7, 11) is 0. The van der Waals surface area contributed by atoms with Gasteiger partial charge in [-0.15, -0.1) is 0 Å². The summed E-state index contributed by atoms with van der Waals surface area (Å²) >= 11 is 0. The molecule has 0 amide bonds. The van der Waals surface area contributed by atoms with E-state index in [4.69, 9.17) is 5.73 Å². The van der Waals surface area contributed by atoms with E-state index in [1.165, 1.54) is 37.9 Å². The molecule has 94 valence electrons. The van der Waals surface area contributed by atoms with Crippen LogP contribution in [0.25, 0.3) is 0 Å². The van der Waals surface area contributed by atoms with Gasteiger partial charge in [0.25, 0.3) is 0 Å². The molecule has 1 aliphatic heterocycles. The summed E-state index contributed by atoms with van der Waals surface area (Å²) in [6, 6.07) is 10.6. The van der Waals surface area contributed by atoms with Crippen LogP contribution >= 0.6 is 0 Å². The number of nitrogens with zero attached hydrogens (tertiary/aromatic N) is 1. The van der Waals surface area contributed by atoms with Crippen molar-refractivity contribution >= 4 is 0 Å². The van der Waals surface area contributed by atoms with Crippen LogP contribution in [0, 0.1) is 5.92 Å². The van der Waals surface area contributed by atoms with Crippen LogP contribution in [-0.2, 0) is 0 Å². The predicted octanol–water partition coefficient (Wildman–Crippen LogP) is 2.81. The second-order valence-electron chi connectivity index (χ2n) is 5.28. The first-order valence-corrected chi connectivity index (χ1v) is 6.80. The predicted molar refractivity (Wildman–Crippen MR) is 72.8 cm³/mol. The van der Waals surface area contributed by atoms with Crippen molar-refractivity contribution in [2.45, 2.75) is 32.2 Å². The minimum Gasteiger partial charge on any atom is -0.324 e. The molecular weight excluding hydrogens is 208 g/mol. The quantitative estimate of drug-likeness (QED) is 0.865. The van der Waals surface area contributed by atoms with Crippen LogP contribution in [0.4, 0.5) is 0 Å². The van der Waals surface area contributed by atoms with Gasteiger partial charge in [0.15, 0.2) is 0 Å². The Hall–Kier alpha value is -0.860. The van der Waals surface area contributed by atoms with E-state index in [0.29, 0.717) is 5.92 Å². The summed E-state index contributed by atoms with van der Waals surface area (Å²) in [5.74, 6) is 0.524. The Morgan fingerprint density at radius 2 is 1.76 bits per heavy atom. The molecule has 1 aromatic carbocycles. The molecule has 17 heavy (non-hydrogen) atoms. The highest BCUT2D eigenvalue weighted by Gasteiger charge is 2.19. The first-order valence-electron chi connectivity index (χ1n) is 6.80. The minimum atomic E-state index is 0.165. The van der Waals surface area contributed by atoms with E-state index < -0.39 is 0 Å². The first kappa shape index (κ1) is 12.6. The van der Waals surface area contributed by atoms with Crippen molar-refractivity contribution in [3.8, 4) is 0 Å². The summed E-state index contributed by atoms with van der Waals surface area (Å²) in [5.41, 5.74) is 7.59. The highest BCUT2D eigenvalue weighted by atomic mass is 15.1. The van der Waals surface area contributed by atoms with E-state index in [2.05, 4.69) is 36.1 Å². The lowest BCUT2D eigenvalue weighted by Crippen LogP contribution is -2.36. The van der Waals surface area contributed by atoms with E-state index in [1.54, 1.807) is 0 Å². The molecule has 2 nitrogen and oxygen atoms in total. The molecule has 0 spiro atoms. The summed E-state index contributed by atoms with van der Waals surface area (Å²) in [4.78, 5) is 2.57. The topological polar surface area (TPSA) is 29.3 Å². The van der Waals surface area contributed by atoms with Gasteiger partial charge in [-0.25, -0.2) is 0 Å². The fraction of sp³-hybridized carbons (Fsp3) is 0.600. The van der Waals surface area contributed by atoms with Gasteiger partial charge in [0.05, 0.1) is 0 Å².